The van der Waals surface area contributed by atoms with Crippen LogP contribution >= 0.6 is 0 Å². The number of carboxylic acid groups (broad SMARTS) is 1. The van der Waals surface area contributed by atoms with E-state index < -0.39 is 11.6 Å². The van der Waals surface area contributed by atoms with Crippen LogP contribution in [0, 0.1) is 23.2 Å². The SMILES string of the molecule is C[C@@](O)(CC(=O)O)C12CC3CC(CC(C3)C1)C2. The molecule has 17 heavy (non-hydrogen) atoms. The summed E-state index contributed by atoms with van der Waals surface area (Å²) in [5.41, 5.74) is -1.12. The molecule has 4 rings (SSSR count). The molecule has 0 aromatic heterocycles. The third-order valence-corrected chi connectivity index (χ3v) is 5.68. The minimum atomic E-state index is -1.02. The molecule has 0 aliphatic heterocycles. The van der Waals surface area contributed by atoms with Crippen molar-refractivity contribution >= 4 is 5.97 Å². The topological polar surface area (TPSA) is 57.5 Å². The number of hydrogen-bond acceptors (Lipinski definition) is 2. The Kier molecular flexibility index (Phi) is 2.35. The van der Waals surface area contributed by atoms with E-state index in [0.29, 0.717) is 0 Å². The van der Waals surface area contributed by atoms with Crippen molar-refractivity contribution < 1.29 is 15.0 Å². The van der Waals surface area contributed by atoms with Gasteiger partial charge >= 0.3 is 5.97 Å². The third kappa shape index (κ3) is 1.70. The van der Waals surface area contributed by atoms with E-state index in [9.17, 15) is 9.90 Å². The summed E-state index contributed by atoms with van der Waals surface area (Å²) in [5.74, 6) is 1.38. The molecule has 4 bridgehead atoms. The minimum absolute atomic E-state index is 0.0971. The molecule has 0 unspecified atom stereocenters. The highest BCUT2D eigenvalue weighted by Crippen LogP contribution is 2.64. The van der Waals surface area contributed by atoms with Crippen LogP contribution in [0.25, 0.3) is 0 Å². The largest absolute Gasteiger partial charge is 0.481 e. The summed E-state index contributed by atoms with van der Waals surface area (Å²) in [5, 5.41) is 19.7. The fraction of sp³-hybridized carbons (Fsp3) is 0.929. The second-order valence-corrected chi connectivity index (χ2v) is 7.04. The second kappa shape index (κ2) is 3.47. The van der Waals surface area contributed by atoms with Crippen LogP contribution in [-0.4, -0.2) is 21.8 Å². The van der Waals surface area contributed by atoms with Crippen molar-refractivity contribution in [2.75, 3.05) is 0 Å². The summed E-state index contributed by atoms with van der Waals surface area (Å²) in [4.78, 5) is 10.9. The van der Waals surface area contributed by atoms with Gasteiger partial charge in [-0.25, -0.2) is 0 Å². The van der Waals surface area contributed by atoms with Crippen LogP contribution in [0.3, 0.4) is 0 Å². The van der Waals surface area contributed by atoms with Gasteiger partial charge < -0.3 is 10.2 Å². The summed E-state index contributed by atoms with van der Waals surface area (Å²) in [6.07, 6.45) is 7.03. The van der Waals surface area contributed by atoms with E-state index in [4.69, 9.17) is 5.11 Å². The predicted octanol–water partition coefficient (Wildman–Crippen LogP) is 2.43. The predicted molar refractivity (Wildman–Crippen MR) is 63.5 cm³/mol. The third-order valence-electron chi connectivity index (χ3n) is 5.68. The Morgan fingerprint density at radius 3 is 1.94 bits per heavy atom. The van der Waals surface area contributed by atoms with Gasteiger partial charge in [-0.05, 0) is 63.2 Å². The van der Waals surface area contributed by atoms with Crippen LogP contribution in [0.4, 0.5) is 0 Å². The van der Waals surface area contributed by atoms with E-state index in [1.807, 2.05) is 0 Å². The lowest BCUT2D eigenvalue weighted by molar-refractivity contribution is -0.182. The fourth-order valence-corrected chi connectivity index (χ4v) is 5.25. The van der Waals surface area contributed by atoms with Gasteiger partial charge in [0.1, 0.15) is 0 Å². The molecule has 0 radical (unpaired) electrons. The van der Waals surface area contributed by atoms with Crippen LogP contribution in [0.2, 0.25) is 0 Å². The first kappa shape index (κ1) is 11.5. The van der Waals surface area contributed by atoms with Crippen molar-refractivity contribution in [1.29, 1.82) is 0 Å². The Balaban J connectivity index is 1.88. The minimum Gasteiger partial charge on any atom is -0.481 e. The van der Waals surface area contributed by atoms with Crippen LogP contribution in [0.5, 0.6) is 0 Å². The van der Waals surface area contributed by atoms with Gasteiger partial charge in [0.25, 0.3) is 0 Å². The molecule has 0 heterocycles. The van der Waals surface area contributed by atoms with E-state index >= 15 is 0 Å². The van der Waals surface area contributed by atoms with E-state index in [1.54, 1.807) is 6.92 Å². The van der Waals surface area contributed by atoms with Crippen molar-refractivity contribution in [2.45, 2.75) is 57.5 Å². The van der Waals surface area contributed by atoms with Gasteiger partial charge in [-0.2, -0.15) is 0 Å². The summed E-state index contributed by atoms with van der Waals surface area (Å²) in [6, 6.07) is 0. The maximum Gasteiger partial charge on any atom is 0.306 e. The first-order valence-electron chi connectivity index (χ1n) is 6.84. The quantitative estimate of drug-likeness (QED) is 0.794. The Labute approximate surface area is 102 Å². The molecule has 4 aliphatic rings. The number of hydrogen-bond donors (Lipinski definition) is 2. The molecule has 3 nitrogen and oxygen atoms in total. The molecular formula is C14H22O3. The summed E-state index contributed by atoms with van der Waals surface area (Å²) in [6.45, 7) is 1.76. The molecule has 0 spiro atoms. The first-order chi connectivity index (χ1) is 7.90. The van der Waals surface area contributed by atoms with E-state index in [0.717, 1.165) is 37.0 Å². The number of aliphatic hydroxyl groups is 1. The molecule has 0 aromatic carbocycles. The Morgan fingerprint density at radius 1 is 1.18 bits per heavy atom. The molecule has 1 atom stereocenters. The van der Waals surface area contributed by atoms with Crippen molar-refractivity contribution in [3.63, 3.8) is 0 Å². The summed E-state index contributed by atoms with van der Waals surface area (Å²) >= 11 is 0. The lowest BCUT2D eigenvalue weighted by Gasteiger charge is -2.61. The first-order valence-corrected chi connectivity index (χ1v) is 6.84. The van der Waals surface area contributed by atoms with Gasteiger partial charge in [0.2, 0.25) is 0 Å². The van der Waals surface area contributed by atoms with Gasteiger partial charge in [-0.1, -0.05) is 0 Å². The van der Waals surface area contributed by atoms with Crippen LogP contribution in [-0.2, 0) is 4.79 Å². The molecule has 3 heteroatoms. The highest BCUT2D eigenvalue weighted by molar-refractivity contribution is 5.68. The summed E-state index contributed by atoms with van der Waals surface area (Å²) in [7, 11) is 0. The molecule has 4 aliphatic carbocycles. The Morgan fingerprint density at radius 2 is 1.59 bits per heavy atom. The monoisotopic (exact) mass is 238 g/mol. The average molecular weight is 238 g/mol. The number of aliphatic carboxylic acids is 1. The van der Waals surface area contributed by atoms with E-state index in [1.165, 1.54) is 19.3 Å². The number of carbonyl (C=O) groups is 1. The fourth-order valence-electron chi connectivity index (χ4n) is 5.25. The normalized spacial score (nSPS) is 46.8. The highest BCUT2D eigenvalue weighted by Gasteiger charge is 2.58. The molecule has 96 valence electrons. The standard InChI is InChI=1S/C14H22O3/c1-13(17,8-12(15)16)14-5-9-2-10(6-14)4-11(3-9)7-14/h9-11,17H,2-8H2,1H3,(H,15,16)/t9?,10?,11?,13-,14?/m1/s1. The zero-order chi connectivity index (χ0) is 12.3. The molecule has 4 saturated carbocycles. The molecule has 4 fully saturated rings. The second-order valence-electron chi connectivity index (χ2n) is 7.04. The highest BCUT2D eigenvalue weighted by atomic mass is 16.4. The molecular weight excluding hydrogens is 216 g/mol. The van der Waals surface area contributed by atoms with Crippen LogP contribution in [0.15, 0.2) is 0 Å². The van der Waals surface area contributed by atoms with Gasteiger partial charge in [0.05, 0.1) is 12.0 Å². The zero-order valence-corrected chi connectivity index (χ0v) is 10.5. The lowest BCUT2D eigenvalue weighted by Crippen LogP contribution is -2.57. The Bertz CT molecular complexity index is 310. The maximum atomic E-state index is 10.9. The van der Waals surface area contributed by atoms with Crippen LogP contribution < -0.4 is 0 Å². The maximum absolute atomic E-state index is 10.9. The molecule has 0 aromatic rings. The van der Waals surface area contributed by atoms with Gasteiger partial charge in [0, 0.05) is 5.41 Å². The van der Waals surface area contributed by atoms with E-state index in [-0.39, 0.29) is 11.8 Å². The lowest BCUT2D eigenvalue weighted by atomic mass is 9.45. The summed E-state index contributed by atoms with van der Waals surface area (Å²) < 4.78 is 0. The van der Waals surface area contributed by atoms with Gasteiger partial charge in [-0.15, -0.1) is 0 Å². The van der Waals surface area contributed by atoms with Crippen molar-refractivity contribution in [2.24, 2.45) is 23.2 Å². The van der Waals surface area contributed by atoms with Crippen LogP contribution in [0.1, 0.15) is 51.9 Å². The van der Waals surface area contributed by atoms with Crippen molar-refractivity contribution in [1.82, 2.24) is 0 Å². The molecule has 0 amide bonds. The smallest absolute Gasteiger partial charge is 0.306 e. The van der Waals surface area contributed by atoms with Gasteiger partial charge in [-0.3, -0.25) is 4.79 Å². The average Bonchev–Trinajstić information content (AvgIpc) is 2.12. The van der Waals surface area contributed by atoms with E-state index in [2.05, 4.69) is 0 Å². The van der Waals surface area contributed by atoms with Crippen molar-refractivity contribution in [3.05, 3.63) is 0 Å². The van der Waals surface area contributed by atoms with Gasteiger partial charge in [0.15, 0.2) is 0 Å². The number of carboxylic acids is 1. The zero-order valence-electron chi connectivity index (χ0n) is 10.5. The Hall–Kier alpha value is -0.570. The number of rotatable bonds is 3. The van der Waals surface area contributed by atoms with Crippen molar-refractivity contribution in [3.8, 4) is 0 Å². The molecule has 2 N–H and O–H groups in total. The molecule has 0 saturated heterocycles.